The predicted octanol–water partition coefficient (Wildman–Crippen LogP) is 5.11. The molecule has 5 heteroatoms. The highest BCUT2D eigenvalue weighted by atomic mass is 15.2. The summed E-state index contributed by atoms with van der Waals surface area (Å²) in [5, 5.41) is 6.77. The third kappa shape index (κ3) is 4.79. The average Bonchev–Trinajstić information content (AvgIpc) is 2.53. The van der Waals surface area contributed by atoms with E-state index in [-0.39, 0.29) is 5.54 Å². The highest BCUT2D eigenvalue weighted by molar-refractivity contribution is 5.67. The standard InChI is InChI=1S/C21H25N5/c1-14-9-15(2)11-17(10-14)23-19-12-18(16-7-6-8-22-13-16)24-20(25-19)26-21(3,4)5/h6-13H,1-5H3,(H2,23,24,25,26). The van der Waals surface area contributed by atoms with Gasteiger partial charge in [0, 0.05) is 35.2 Å². The van der Waals surface area contributed by atoms with Crippen molar-refractivity contribution in [3.8, 4) is 11.3 Å². The molecule has 2 aromatic heterocycles. The van der Waals surface area contributed by atoms with Gasteiger partial charge in [-0.25, -0.2) is 4.98 Å². The normalized spacial score (nSPS) is 11.3. The molecule has 2 heterocycles. The first-order valence-electron chi connectivity index (χ1n) is 8.71. The summed E-state index contributed by atoms with van der Waals surface area (Å²) in [5.74, 6) is 1.33. The summed E-state index contributed by atoms with van der Waals surface area (Å²) < 4.78 is 0. The molecular formula is C21H25N5. The number of aryl methyl sites for hydroxylation is 2. The first-order chi connectivity index (χ1) is 12.3. The molecule has 26 heavy (non-hydrogen) atoms. The Morgan fingerprint density at radius 2 is 1.65 bits per heavy atom. The molecule has 0 fully saturated rings. The molecule has 134 valence electrons. The second kappa shape index (κ2) is 7.12. The van der Waals surface area contributed by atoms with Gasteiger partial charge < -0.3 is 10.6 Å². The Bertz CT molecular complexity index is 878. The van der Waals surface area contributed by atoms with E-state index in [0.717, 1.165) is 22.8 Å². The van der Waals surface area contributed by atoms with Gasteiger partial charge in [0.1, 0.15) is 5.82 Å². The number of nitrogens with one attached hydrogen (secondary N) is 2. The average molecular weight is 347 g/mol. The number of pyridine rings is 1. The summed E-state index contributed by atoms with van der Waals surface area (Å²) in [4.78, 5) is 13.5. The highest BCUT2D eigenvalue weighted by Gasteiger charge is 2.14. The molecule has 0 aliphatic heterocycles. The molecule has 0 aliphatic rings. The predicted molar refractivity (Wildman–Crippen MR) is 108 cm³/mol. The number of nitrogens with zero attached hydrogens (tertiary/aromatic N) is 3. The third-order valence-corrected chi connectivity index (χ3v) is 3.66. The summed E-state index contributed by atoms with van der Waals surface area (Å²) >= 11 is 0. The fraction of sp³-hybridized carbons (Fsp3) is 0.286. The van der Waals surface area contributed by atoms with E-state index in [2.05, 4.69) is 78.4 Å². The quantitative estimate of drug-likeness (QED) is 0.687. The maximum Gasteiger partial charge on any atom is 0.225 e. The molecule has 3 rings (SSSR count). The topological polar surface area (TPSA) is 62.7 Å². The molecule has 3 aromatic rings. The zero-order chi connectivity index (χ0) is 18.7. The zero-order valence-corrected chi connectivity index (χ0v) is 16.0. The van der Waals surface area contributed by atoms with E-state index in [1.165, 1.54) is 11.1 Å². The van der Waals surface area contributed by atoms with Gasteiger partial charge in [0.25, 0.3) is 0 Å². The second-order valence-electron chi connectivity index (χ2n) is 7.58. The van der Waals surface area contributed by atoms with Crippen molar-refractivity contribution in [1.29, 1.82) is 0 Å². The molecule has 0 amide bonds. The lowest BCUT2D eigenvalue weighted by molar-refractivity contribution is 0.626. The van der Waals surface area contributed by atoms with Crippen LogP contribution in [0.5, 0.6) is 0 Å². The van der Waals surface area contributed by atoms with E-state index in [0.29, 0.717) is 5.95 Å². The van der Waals surface area contributed by atoms with Gasteiger partial charge in [-0.1, -0.05) is 6.07 Å². The maximum absolute atomic E-state index is 4.66. The Morgan fingerprint density at radius 1 is 0.923 bits per heavy atom. The SMILES string of the molecule is Cc1cc(C)cc(Nc2cc(-c3cccnc3)nc(NC(C)(C)C)n2)c1. The van der Waals surface area contributed by atoms with Crippen molar-refractivity contribution < 1.29 is 0 Å². The Labute approximate surface area is 154 Å². The first-order valence-corrected chi connectivity index (χ1v) is 8.71. The molecule has 0 atom stereocenters. The lowest BCUT2D eigenvalue weighted by Crippen LogP contribution is -2.27. The summed E-state index contributed by atoms with van der Waals surface area (Å²) in [5.41, 5.74) is 5.08. The van der Waals surface area contributed by atoms with Crippen LogP contribution in [-0.4, -0.2) is 20.5 Å². The molecule has 0 saturated carbocycles. The van der Waals surface area contributed by atoms with E-state index in [4.69, 9.17) is 0 Å². The first kappa shape index (κ1) is 17.9. The molecule has 0 aliphatic carbocycles. The van der Waals surface area contributed by atoms with Crippen LogP contribution in [0, 0.1) is 13.8 Å². The van der Waals surface area contributed by atoms with E-state index >= 15 is 0 Å². The Hall–Kier alpha value is -2.95. The molecule has 0 unspecified atom stereocenters. The Kier molecular flexibility index (Phi) is 4.89. The lowest BCUT2D eigenvalue weighted by atomic mass is 10.1. The molecule has 0 radical (unpaired) electrons. The van der Waals surface area contributed by atoms with Crippen LogP contribution >= 0.6 is 0 Å². The van der Waals surface area contributed by atoms with Crippen LogP contribution in [0.4, 0.5) is 17.5 Å². The minimum atomic E-state index is -0.134. The van der Waals surface area contributed by atoms with Gasteiger partial charge in [-0.05, 0) is 70.0 Å². The molecule has 0 spiro atoms. The van der Waals surface area contributed by atoms with E-state index in [1.54, 1.807) is 6.20 Å². The van der Waals surface area contributed by atoms with E-state index in [1.807, 2.05) is 24.4 Å². The van der Waals surface area contributed by atoms with Crippen molar-refractivity contribution in [3.63, 3.8) is 0 Å². The number of benzene rings is 1. The summed E-state index contributed by atoms with van der Waals surface area (Å²) in [7, 11) is 0. The number of hydrogen-bond donors (Lipinski definition) is 2. The molecule has 5 nitrogen and oxygen atoms in total. The van der Waals surface area contributed by atoms with Crippen LogP contribution in [0.3, 0.4) is 0 Å². The number of rotatable bonds is 4. The van der Waals surface area contributed by atoms with E-state index in [9.17, 15) is 0 Å². The van der Waals surface area contributed by atoms with Crippen molar-refractivity contribution in [1.82, 2.24) is 15.0 Å². The van der Waals surface area contributed by atoms with Crippen molar-refractivity contribution in [3.05, 3.63) is 59.9 Å². The van der Waals surface area contributed by atoms with Crippen molar-refractivity contribution >= 4 is 17.5 Å². The zero-order valence-electron chi connectivity index (χ0n) is 16.0. The number of aromatic nitrogens is 3. The molecular weight excluding hydrogens is 322 g/mol. The highest BCUT2D eigenvalue weighted by Crippen LogP contribution is 2.25. The molecule has 1 aromatic carbocycles. The van der Waals surface area contributed by atoms with Gasteiger partial charge in [0.15, 0.2) is 0 Å². The number of hydrogen-bond acceptors (Lipinski definition) is 5. The number of anilines is 3. The van der Waals surface area contributed by atoms with Crippen LogP contribution in [-0.2, 0) is 0 Å². The van der Waals surface area contributed by atoms with Gasteiger partial charge in [0.2, 0.25) is 5.95 Å². The van der Waals surface area contributed by atoms with E-state index < -0.39 is 0 Å². The van der Waals surface area contributed by atoms with Crippen molar-refractivity contribution in [2.24, 2.45) is 0 Å². The summed E-state index contributed by atoms with van der Waals surface area (Å²) in [6, 6.07) is 12.2. The van der Waals surface area contributed by atoms with Crippen LogP contribution in [0.1, 0.15) is 31.9 Å². The Balaban J connectivity index is 2.01. The fourth-order valence-electron chi connectivity index (χ4n) is 2.76. The minimum absolute atomic E-state index is 0.134. The third-order valence-electron chi connectivity index (χ3n) is 3.66. The van der Waals surface area contributed by atoms with Gasteiger partial charge in [0.05, 0.1) is 5.69 Å². The minimum Gasteiger partial charge on any atom is -0.350 e. The Morgan fingerprint density at radius 3 is 2.27 bits per heavy atom. The summed E-state index contributed by atoms with van der Waals surface area (Å²) in [6.45, 7) is 10.4. The lowest BCUT2D eigenvalue weighted by Gasteiger charge is -2.21. The van der Waals surface area contributed by atoms with Gasteiger partial charge in [-0.15, -0.1) is 0 Å². The largest absolute Gasteiger partial charge is 0.350 e. The van der Waals surface area contributed by atoms with Crippen LogP contribution in [0.15, 0.2) is 48.8 Å². The van der Waals surface area contributed by atoms with Crippen molar-refractivity contribution in [2.45, 2.75) is 40.2 Å². The maximum atomic E-state index is 4.66. The molecule has 0 saturated heterocycles. The smallest absolute Gasteiger partial charge is 0.225 e. The van der Waals surface area contributed by atoms with Crippen LogP contribution in [0.25, 0.3) is 11.3 Å². The van der Waals surface area contributed by atoms with Crippen LogP contribution in [0.2, 0.25) is 0 Å². The summed E-state index contributed by atoms with van der Waals surface area (Å²) in [6.07, 6.45) is 3.57. The second-order valence-corrected chi connectivity index (χ2v) is 7.58. The van der Waals surface area contributed by atoms with Crippen molar-refractivity contribution in [2.75, 3.05) is 10.6 Å². The fourth-order valence-corrected chi connectivity index (χ4v) is 2.76. The van der Waals surface area contributed by atoms with Crippen LogP contribution < -0.4 is 10.6 Å². The van der Waals surface area contributed by atoms with Gasteiger partial charge in [-0.2, -0.15) is 4.98 Å². The van der Waals surface area contributed by atoms with Gasteiger partial charge >= 0.3 is 0 Å². The monoisotopic (exact) mass is 347 g/mol. The molecule has 0 bridgehead atoms. The van der Waals surface area contributed by atoms with Gasteiger partial charge in [-0.3, -0.25) is 4.98 Å². The molecule has 2 N–H and O–H groups in total.